The first-order valence-corrected chi connectivity index (χ1v) is 6.99. The highest BCUT2D eigenvalue weighted by Gasteiger charge is 2.08. The molecular formula is C18H13N3O2. The van der Waals surface area contributed by atoms with Crippen molar-refractivity contribution in [2.24, 2.45) is 0 Å². The lowest BCUT2D eigenvalue weighted by atomic mass is 10.2. The van der Waals surface area contributed by atoms with Gasteiger partial charge in [-0.3, -0.25) is 0 Å². The van der Waals surface area contributed by atoms with Crippen molar-refractivity contribution in [1.82, 2.24) is 9.97 Å². The van der Waals surface area contributed by atoms with Gasteiger partial charge in [0, 0.05) is 0 Å². The molecule has 0 aliphatic rings. The third kappa shape index (κ3) is 3.44. The zero-order chi connectivity index (χ0) is 16.1. The molecule has 3 aromatic rings. The zero-order valence-corrected chi connectivity index (χ0v) is 12.4. The molecule has 5 heteroatoms. The van der Waals surface area contributed by atoms with E-state index in [2.05, 4.69) is 16.0 Å². The van der Waals surface area contributed by atoms with Crippen molar-refractivity contribution in [2.45, 2.75) is 6.92 Å². The van der Waals surface area contributed by atoms with Crippen LogP contribution in [-0.2, 0) is 0 Å². The minimum Gasteiger partial charge on any atom is -0.439 e. The van der Waals surface area contributed by atoms with E-state index in [1.165, 1.54) is 6.33 Å². The average molecular weight is 303 g/mol. The van der Waals surface area contributed by atoms with Crippen LogP contribution in [0, 0.1) is 18.3 Å². The molecule has 0 saturated heterocycles. The molecule has 0 fully saturated rings. The van der Waals surface area contributed by atoms with Crippen LogP contribution in [0.2, 0.25) is 0 Å². The van der Waals surface area contributed by atoms with E-state index in [0.29, 0.717) is 23.1 Å². The zero-order valence-electron chi connectivity index (χ0n) is 12.4. The van der Waals surface area contributed by atoms with Gasteiger partial charge in [0.25, 0.3) is 0 Å². The van der Waals surface area contributed by atoms with E-state index in [0.717, 1.165) is 11.3 Å². The molecule has 0 unspecified atom stereocenters. The summed E-state index contributed by atoms with van der Waals surface area (Å²) >= 11 is 0. The van der Waals surface area contributed by atoms with Crippen LogP contribution in [0.25, 0.3) is 0 Å². The quantitative estimate of drug-likeness (QED) is 0.721. The highest BCUT2D eigenvalue weighted by molar-refractivity contribution is 5.44. The van der Waals surface area contributed by atoms with E-state index in [9.17, 15) is 0 Å². The lowest BCUT2D eigenvalue weighted by molar-refractivity contribution is 0.431. The summed E-state index contributed by atoms with van der Waals surface area (Å²) in [5.74, 6) is 1.84. The van der Waals surface area contributed by atoms with Crippen molar-refractivity contribution < 1.29 is 9.47 Å². The van der Waals surface area contributed by atoms with Gasteiger partial charge >= 0.3 is 0 Å². The second-order valence-corrected chi connectivity index (χ2v) is 4.77. The number of ether oxygens (including phenoxy) is 2. The van der Waals surface area contributed by atoms with Gasteiger partial charge in [-0.2, -0.15) is 5.26 Å². The summed E-state index contributed by atoms with van der Waals surface area (Å²) in [6.45, 7) is 1.96. The molecule has 1 heterocycles. The van der Waals surface area contributed by atoms with E-state index >= 15 is 0 Å². The molecule has 0 N–H and O–H groups in total. The van der Waals surface area contributed by atoms with Crippen molar-refractivity contribution in [2.75, 3.05) is 0 Å². The van der Waals surface area contributed by atoms with E-state index in [-0.39, 0.29) is 0 Å². The molecule has 0 aliphatic heterocycles. The number of benzene rings is 2. The Balaban J connectivity index is 1.83. The molecule has 0 amide bonds. The Labute approximate surface area is 133 Å². The second kappa shape index (κ2) is 6.58. The highest BCUT2D eigenvalue weighted by Crippen LogP contribution is 2.27. The lowest BCUT2D eigenvalue weighted by Crippen LogP contribution is -1.94. The van der Waals surface area contributed by atoms with Crippen LogP contribution in [0.15, 0.2) is 60.9 Å². The number of nitriles is 1. The first kappa shape index (κ1) is 14.5. The first-order chi connectivity index (χ1) is 11.3. The summed E-state index contributed by atoms with van der Waals surface area (Å²) in [5, 5.41) is 9.09. The highest BCUT2D eigenvalue weighted by atomic mass is 16.5. The van der Waals surface area contributed by atoms with Gasteiger partial charge in [-0.05, 0) is 30.7 Å². The smallest absolute Gasteiger partial charge is 0.226 e. The van der Waals surface area contributed by atoms with Gasteiger partial charge < -0.3 is 9.47 Å². The summed E-state index contributed by atoms with van der Waals surface area (Å²) in [7, 11) is 0. The van der Waals surface area contributed by atoms with Crippen LogP contribution in [0.3, 0.4) is 0 Å². The van der Waals surface area contributed by atoms with Crippen LogP contribution >= 0.6 is 0 Å². The number of rotatable bonds is 4. The van der Waals surface area contributed by atoms with E-state index < -0.39 is 0 Å². The second-order valence-electron chi connectivity index (χ2n) is 4.77. The first-order valence-electron chi connectivity index (χ1n) is 6.99. The maximum Gasteiger partial charge on any atom is 0.226 e. The van der Waals surface area contributed by atoms with Gasteiger partial charge in [0.15, 0.2) is 0 Å². The van der Waals surface area contributed by atoms with Crippen LogP contribution in [0.1, 0.15) is 11.1 Å². The molecule has 0 atom stereocenters. The molecular weight excluding hydrogens is 290 g/mol. The van der Waals surface area contributed by atoms with Crippen molar-refractivity contribution in [1.29, 1.82) is 5.26 Å². The number of para-hydroxylation sites is 2. The van der Waals surface area contributed by atoms with Crippen molar-refractivity contribution in [3.05, 3.63) is 72.1 Å². The predicted molar refractivity (Wildman–Crippen MR) is 84.5 cm³/mol. The maximum atomic E-state index is 9.09. The van der Waals surface area contributed by atoms with E-state index in [1.807, 2.05) is 31.2 Å². The SMILES string of the molecule is Cc1ccccc1Oc1cc(Oc2ccccc2C#N)ncn1. The fourth-order valence-electron chi connectivity index (χ4n) is 1.98. The van der Waals surface area contributed by atoms with Gasteiger partial charge in [-0.25, -0.2) is 9.97 Å². The molecule has 0 saturated carbocycles. The van der Waals surface area contributed by atoms with Crippen LogP contribution in [0.5, 0.6) is 23.3 Å². The Morgan fingerprint density at radius 3 is 2.17 bits per heavy atom. The molecule has 3 rings (SSSR count). The Hall–Kier alpha value is -3.39. The summed E-state index contributed by atoms with van der Waals surface area (Å²) < 4.78 is 11.4. The minimum atomic E-state index is 0.311. The Bertz CT molecular complexity index is 872. The number of nitrogens with zero attached hydrogens (tertiary/aromatic N) is 3. The number of aryl methyl sites for hydroxylation is 1. The summed E-state index contributed by atoms with van der Waals surface area (Å²) in [4.78, 5) is 8.13. The van der Waals surface area contributed by atoms with E-state index in [1.54, 1.807) is 30.3 Å². The third-order valence-electron chi connectivity index (χ3n) is 3.15. The molecule has 112 valence electrons. The van der Waals surface area contributed by atoms with Crippen molar-refractivity contribution >= 4 is 0 Å². The third-order valence-corrected chi connectivity index (χ3v) is 3.15. The van der Waals surface area contributed by atoms with Crippen molar-refractivity contribution in [3.8, 4) is 29.3 Å². The van der Waals surface area contributed by atoms with Gasteiger partial charge in [0.2, 0.25) is 11.8 Å². The molecule has 0 spiro atoms. The average Bonchev–Trinajstić information content (AvgIpc) is 2.58. The molecule has 0 radical (unpaired) electrons. The Kier molecular flexibility index (Phi) is 4.16. The predicted octanol–water partition coefficient (Wildman–Crippen LogP) is 4.24. The van der Waals surface area contributed by atoms with Gasteiger partial charge in [-0.15, -0.1) is 0 Å². The fourth-order valence-corrected chi connectivity index (χ4v) is 1.98. The molecule has 5 nitrogen and oxygen atoms in total. The Morgan fingerprint density at radius 1 is 0.870 bits per heavy atom. The van der Waals surface area contributed by atoms with Crippen LogP contribution in [0.4, 0.5) is 0 Å². The monoisotopic (exact) mass is 303 g/mol. The number of hydrogen-bond acceptors (Lipinski definition) is 5. The Morgan fingerprint density at radius 2 is 1.48 bits per heavy atom. The summed E-state index contributed by atoms with van der Waals surface area (Å²) in [6, 6.07) is 18.3. The lowest BCUT2D eigenvalue weighted by Gasteiger charge is -2.09. The normalized spacial score (nSPS) is 9.91. The van der Waals surface area contributed by atoms with Crippen molar-refractivity contribution in [3.63, 3.8) is 0 Å². The van der Waals surface area contributed by atoms with Crippen LogP contribution < -0.4 is 9.47 Å². The maximum absolute atomic E-state index is 9.09. The summed E-state index contributed by atoms with van der Waals surface area (Å²) in [5.41, 5.74) is 1.44. The molecule has 0 bridgehead atoms. The molecule has 1 aromatic heterocycles. The van der Waals surface area contributed by atoms with Gasteiger partial charge in [0.1, 0.15) is 23.9 Å². The molecule has 2 aromatic carbocycles. The van der Waals surface area contributed by atoms with E-state index in [4.69, 9.17) is 14.7 Å². The largest absolute Gasteiger partial charge is 0.439 e. The fraction of sp³-hybridized carbons (Fsp3) is 0.0556. The standard InChI is InChI=1S/C18H13N3O2/c1-13-6-2-4-8-15(13)22-17-10-18(21-12-20-17)23-16-9-5-3-7-14(16)11-19/h2-10,12H,1H3. The van der Waals surface area contributed by atoms with Crippen LogP contribution in [-0.4, -0.2) is 9.97 Å². The van der Waals surface area contributed by atoms with Gasteiger partial charge in [-0.1, -0.05) is 30.3 Å². The topological polar surface area (TPSA) is 68.0 Å². The number of aromatic nitrogens is 2. The minimum absolute atomic E-state index is 0.311. The summed E-state index contributed by atoms with van der Waals surface area (Å²) in [6.07, 6.45) is 1.36. The van der Waals surface area contributed by atoms with Gasteiger partial charge in [0.05, 0.1) is 11.6 Å². The molecule has 0 aliphatic carbocycles. The molecule has 23 heavy (non-hydrogen) atoms. The number of hydrogen-bond donors (Lipinski definition) is 0.